The van der Waals surface area contributed by atoms with Gasteiger partial charge in [-0.3, -0.25) is 9.80 Å². The van der Waals surface area contributed by atoms with Gasteiger partial charge in [0.25, 0.3) is 11.8 Å². The van der Waals surface area contributed by atoms with E-state index in [0.717, 1.165) is 13.0 Å². The molecule has 1 unspecified atom stereocenters. The van der Waals surface area contributed by atoms with Gasteiger partial charge in [-0.2, -0.15) is 0 Å². The largest absolute Gasteiger partial charge is 0.272 e. The number of nitrogens with zero attached hydrogens (tertiary/aromatic N) is 3. The Morgan fingerprint density at radius 2 is 2.09 bits per heavy atom. The van der Waals surface area contributed by atoms with Gasteiger partial charge in [-0.25, -0.2) is 23.0 Å². The van der Waals surface area contributed by atoms with Crippen molar-refractivity contribution in [3.8, 4) is 0 Å². The minimum absolute atomic E-state index is 0.0587. The Morgan fingerprint density at radius 1 is 1.39 bits per heavy atom. The van der Waals surface area contributed by atoms with Crippen LogP contribution in [-0.4, -0.2) is 34.9 Å². The van der Waals surface area contributed by atoms with Crippen LogP contribution in [0.15, 0.2) is 18.2 Å². The van der Waals surface area contributed by atoms with Crippen LogP contribution in [0, 0.1) is 17.8 Å². The Bertz CT molecular complexity index is 710. The van der Waals surface area contributed by atoms with E-state index in [1.807, 2.05) is 0 Å². The fraction of sp³-hybridized carbons (Fsp3) is 0.500. The van der Waals surface area contributed by atoms with Crippen molar-refractivity contribution in [1.29, 1.82) is 0 Å². The first-order chi connectivity index (χ1) is 10.7. The average Bonchev–Trinajstić information content (AvgIpc) is 2.97. The Balaban J connectivity index is 1.98. The van der Waals surface area contributed by atoms with E-state index in [0.29, 0.717) is 18.5 Å². The van der Waals surface area contributed by atoms with E-state index in [-0.39, 0.29) is 12.2 Å². The van der Waals surface area contributed by atoms with Crippen LogP contribution < -0.4 is 0 Å². The molecule has 2 aliphatic heterocycles. The summed E-state index contributed by atoms with van der Waals surface area (Å²) in [7, 11) is 0. The molecule has 23 heavy (non-hydrogen) atoms. The first-order valence-electron chi connectivity index (χ1n) is 7.32. The van der Waals surface area contributed by atoms with Gasteiger partial charge < -0.3 is 0 Å². The molecule has 0 spiro atoms. The highest BCUT2D eigenvalue weighted by Crippen LogP contribution is 2.49. The standard InChI is InChI=1S/C16H16F3N3O/c1-15(16(2,18)19)9-21-5-4-13(22(21)14(15)23)10-6-11(17)8-12(7-10)20-3/h6-8,13H,4-5,9H2,1-2H3/t13-,15?/m1/s1. The zero-order valence-electron chi connectivity index (χ0n) is 12.8. The normalized spacial score (nSPS) is 28.1. The molecular weight excluding hydrogens is 307 g/mol. The van der Waals surface area contributed by atoms with Gasteiger partial charge in [0.1, 0.15) is 11.2 Å². The number of fused-ring (bicyclic) bond motifs is 1. The highest BCUT2D eigenvalue weighted by molar-refractivity contribution is 5.86. The number of hydrogen-bond donors (Lipinski definition) is 0. The summed E-state index contributed by atoms with van der Waals surface area (Å²) >= 11 is 0. The number of rotatable bonds is 2. The van der Waals surface area contributed by atoms with Crippen LogP contribution in [0.1, 0.15) is 31.9 Å². The molecule has 0 radical (unpaired) electrons. The van der Waals surface area contributed by atoms with E-state index in [1.165, 1.54) is 24.1 Å². The second kappa shape index (κ2) is 4.96. The van der Waals surface area contributed by atoms with Gasteiger partial charge in [0, 0.05) is 20.0 Å². The lowest BCUT2D eigenvalue weighted by atomic mass is 9.83. The molecule has 0 aliphatic carbocycles. The summed E-state index contributed by atoms with van der Waals surface area (Å²) in [5.41, 5.74) is -1.19. The predicted molar refractivity (Wildman–Crippen MR) is 77.2 cm³/mol. The minimum atomic E-state index is -3.15. The molecule has 0 saturated carbocycles. The Kier molecular flexibility index (Phi) is 3.41. The van der Waals surface area contributed by atoms with Crippen LogP contribution in [0.3, 0.4) is 0 Å². The SMILES string of the molecule is [C-]#[N+]c1cc(F)cc([C@H]2CCN3CC(C)(C(C)(F)F)C(=O)N23)c1. The van der Waals surface area contributed by atoms with Crippen molar-refractivity contribution < 1.29 is 18.0 Å². The van der Waals surface area contributed by atoms with Gasteiger partial charge >= 0.3 is 0 Å². The first kappa shape index (κ1) is 15.8. The highest BCUT2D eigenvalue weighted by atomic mass is 19.3. The zero-order chi connectivity index (χ0) is 17.0. The number of hydrogen-bond acceptors (Lipinski definition) is 2. The van der Waals surface area contributed by atoms with E-state index >= 15 is 0 Å². The number of hydrazine groups is 1. The number of amides is 1. The molecule has 2 atom stereocenters. The molecular formula is C16H16F3N3O. The van der Waals surface area contributed by atoms with Crippen molar-refractivity contribution in [2.45, 2.75) is 32.2 Å². The van der Waals surface area contributed by atoms with Gasteiger partial charge in [0.15, 0.2) is 5.69 Å². The maximum absolute atomic E-state index is 13.9. The molecule has 4 nitrogen and oxygen atoms in total. The third kappa shape index (κ3) is 2.29. The maximum atomic E-state index is 13.9. The topological polar surface area (TPSA) is 27.9 Å². The molecule has 2 fully saturated rings. The molecule has 7 heteroatoms. The fourth-order valence-corrected chi connectivity index (χ4v) is 3.30. The van der Waals surface area contributed by atoms with Gasteiger partial charge in [-0.15, -0.1) is 0 Å². The monoisotopic (exact) mass is 323 g/mol. The van der Waals surface area contributed by atoms with Crippen molar-refractivity contribution in [2.75, 3.05) is 13.1 Å². The number of carbonyl (C=O) groups is 1. The smallest absolute Gasteiger partial charge is 0.260 e. The average molecular weight is 323 g/mol. The number of alkyl halides is 2. The minimum Gasteiger partial charge on any atom is -0.272 e. The molecule has 2 saturated heterocycles. The molecule has 3 rings (SSSR count). The van der Waals surface area contributed by atoms with Gasteiger partial charge in [0.05, 0.1) is 12.6 Å². The molecule has 0 aromatic heterocycles. The molecule has 1 aromatic rings. The van der Waals surface area contributed by atoms with E-state index in [9.17, 15) is 18.0 Å². The number of benzene rings is 1. The lowest BCUT2D eigenvalue weighted by Crippen LogP contribution is -2.45. The van der Waals surface area contributed by atoms with Crippen molar-refractivity contribution in [2.24, 2.45) is 5.41 Å². The summed E-state index contributed by atoms with van der Waals surface area (Å²) in [6.07, 6.45) is 0.526. The highest BCUT2D eigenvalue weighted by Gasteiger charge is 2.62. The van der Waals surface area contributed by atoms with Crippen LogP contribution >= 0.6 is 0 Å². The number of halogens is 3. The van der Waals surface area contributed by atoms with E-state index in [2.05, 4.69) is 4.85 Å². The van der Waals surface area contributed by atoms with Crippen molar-refractivity contribution in [3.05, 3.63) is 41.0 Å². The Hall–Kier alpha value is -2.07. The van der Waals surface area contributed by atoms with Gasteiger partial charge in [-0.05, 0) is 31.0 Å². The molecule has 0 bridgehead atoms. The molecule has 1 amide bonds. The van der Waals surface area contributed by atoms with Crippen LogP contribution in [0.4, 0.5) is 18.9 Å². The first-order valence-corrected chi connectivity index (χ1v) is 7.32. The van der Waals surface area contributed by atoms with Gasteiger partial charge in [-0.1, -0.05) is 6.07 Å². The quantitative estimate of drug-likeness (QED) is 0.779. The fourth-order valence-electron chi connectivity index (χ4n) is 3.30. The van der Waals surface area contributed by atoms with Crippen LogP contribution in [0.5, 0.6) is 0 Å². The second-order valence-corrected chi connectivity index (χ2v) is 6.42. The summed E-state index contributed by atoms with van der Waals surface area (Å²) < 4.78 is 41.5. The van der Waals surface area contributed by atoms with E-state index in [4.69, 9.17) is 6.57 Å². The maximum Gasteiger partial charge on any atom is 0.260 e. The summed E-state index contributed by atoms with van der Waals surface area (Å²) in [6, 6.07) is 3.37. The van der Waals surface area contributed by atoms with Crippen LogP contribution in [0.25, 0.3) is 4.85 Å². The van der Waals surface area contributed by atoms with Crippen LogP contribution in [0.2, 0.25) is 0 Å². The lowest BCUT2D eigenvalue weighted by molar-refractivity contribution is -0.156. The predicted octanol–water partition coefficient (Wildman–Crippen LogP) is 3.54. The van der Waals surface area contributed by atoms with Crippen LogP contribution in [-0.2, 0) is 4.79 Å². The third-order valence-corrected chi connectivity index (χ3v) is 4.83. The molecule has 0 N–H and O–H groups in total. The molecule has 2 heterocycles. The lowest BCUT2D eigenvalue weighted by Gasteiger charge is -2.30. The molecule has 1 aromatic carbocycles. The second-order valence-electron chi connectivity index (χ2n) is 6.42. The number of carbonyl (C=O) groups excluding carboxylic acids is 1. The molecule has 2 aliphatic rings. The van der Waals surface area contributed by atoms with E-state index in [1.54, 1.807) is 5.01 Å². The Morgan fingerprint density at radius 3 is 2.70 bits per heavy atom. The van der Waals surface area contributed by atoms with Crippen molar-refractivity contribution in [1.82, 2.24) is 10.0 Å². The zero-order valence-corrected chi connectivity index (χ0v) is 12.8. The molecule has 122 valence electrons. The summed E-state index contributed by atoms with van der Waals surface area (Å²) in [5.74, 6) is -4.37. The Labute approximate surface area is 132 Å². The third-order valence-electron chi connectivity index (χ3n) is 4.83. The van der Waals surface area contributed by atoms with Crippen molar-refractivity contribution in [3.63, 3.8) is 0 Å². The summed E-state index contributed by atoms with van der Waals surface area (Å²) in [6.45, 7) is 9.42. The summed E-state index contributed by atoms with van der Waals surface area (Å²) in [4.78, 5) is 15.8. The van der Waals surface area contributed by atoms with Crippen molar-refractivity contribution >= 4 is 11.6 Å². The van der Waals surface area contributed by atoms with E-state index < -0.39 is 29.1 Å². The summed E-state index contributed by atoms with van der Waals surface area (Å²) in [5, 5.41) is 2.92. The van der Waals surface area contributed by atoms with Gasteiger partial charge in [0.2, 0.25) is 0 Å².